The molecule has 0 aliphatic rings. The number of nitrogens with zero attached hydrogens (tertiary/aromatic N) is 1. The summed E-state index contributed by atoms with van der Waals surface area (Å²) in [5.74, 6) is 0.00150. The van der Waals surface area contributed by atoms with E-state index in [1.165, 1.54) is 0 Å². The standard InChI is InChI=1S/C15H25N3O2/c1-2-18(8-4-10-19)9-7-15(20)17-14-6-3-5-13(11-14)12-16/h3,5-6,11,19H,2,4,7-10,12,16H2,1H3,(H,17,20). The maximum absolute atomic E-state index is 11.9. The molecule has 1 aromatic rings. The Labute approximate surface area is 120 Å². The van der Waals surface area contributed by atoms with Crippen LogP contribution in [0, 0.1) is 0 Å². The molecule has 112 valence electrons. The predicted octanol–water partition coefficient (Wildman–Crippen LogP) is 1.18. The lowest BCUT2D eigenvalue weighted by molar-refractivity contribution is -0.116. The van der Waals surface area contributed by atoms with Gasteiger partial charge in [0.15, 0.2) is 0 Å². The van der Waals surface area contributed by atoms with Crippen LogP contribution in [0.2, 0.25) is 0 Å². The maximum atomic E-state index is 11.9. The smallest absolute Gasteiger partial charge is 0.225 e. The van der Waals surface area contributed by atoms with Crippen LogP contribution in [-0.2, 0) is 11.3 Å². The molecule has 0 spiro atoms. The van der Waals surface area contributed by atoms with E-state index in [4.69, 9.17) is 10.8 Å². The first-order valence-corrected chi connectivity index (χ1v) is 7.11. The summed E-state index contributed by atoms with van der Waals surface area (Å²) < 4.78 is 0. The average Bonchev–Trinajstić information content (AvgIpc) is 2.47. The number of benzene rings is 1. The minimum atomic E-state index is 0.00150. The Balaban J connectivity index is 2.38. The maximum Gasteiger partial charge on any atom is 0.225 e. The number of amides is 1. The van der Waals surface area contributed by atoms with Crippen LogP contribution < -0.4 is 11.1 Å². The minimum absolute atomic E-state index is 0.00150. The number of hydrogen-bond donors (Lipinski definition) is 3. The predicted molar refractivity (Wildman–Crippen MR) is 81.4 cm³/mol. The van der Waals surface area contributed by atoms with Gasteiger partial charge in [0.1, 0.15) is 0 Å². The summed E-state index contributed by atoms with van der Waals surface area (Å²) in [6, 6.07) is 7.57. The fraction of sp³-hybridized carbons (Fsp3) is 0.533. The van der Waals surface area contributed by atoms with Crippen LogP contribution in [0.1, 0.15) is 25.3 Å². The Bertz CT molecular complexity index is 410. The monoisotopic (exact) mass is 279 g/mol. The zero-order valence-corrected chi connectivity index (χ0v) is 12.1. The molecule has 0 aromatic heterocycles. The van der Waals surface area contributed by atoms with Crippen molar-refractivity contribution in [1.82, 2.24) is 4.90 Å². The van der Waals surface area contributed by atoms with Gasteiger partial charge in [-0.25, -0.2) is 0 Å². The van der Waals surface area contributed by atoms with Crippen molar-refractivity contribution in [3.63, 3.8) is 0 Å². The van der Waals surface area contributed by atoms with E-state index in [0.29, 0.717) is 19.5 Å². The van der Waals surface area contributed by atoms with Gasteiger partial charge in [0, 0.05) is 38.3 Å². The molecule has 0 aliphatic carbocycles. The first-order chi connectivity index (χ1) is 9.69. The first-order valence-electron chi connectivity index (χ1n) is 7.11. The van der Waals surface area contributed by atoms with Gasteiger partial charge in [0.2, 0.25) is 5.91 Å². The van der Waals surface area contributed by atoms with E-state index >= 15 is 0 Å². The molecule has 1 rings (SSSR count). The van der Waals surface area contributed by atoms with Gasteiger partial charge in [-0.15, -0.1) is 0 Å². The fourth-order valence-electron chi connectivity index (χ4n) is 1.98. The minimum Gasteiger partial charge on any atom is -0.396 e. The van der Waals surface area contributed by atoms with Crippen molar-refractivity contribution in [1.29, 1.82) is 0 Å². The SMILES string of the molecule is CCN(CCCO)CCC(=O)Nc1cccc(CN)c1. The van der Waals surface area contributed by atoms with E-state index in [9.17, 15) is 4.79 Å². The molecule has 4 N–H and O–H groups in total. The van der Waals surface area contributed by atoms with Crippen molar-refractivity contribution in [2.75, 3.05) is 31.6 Å². The number of nitrogens with two attached hydrogens (primary N) is 1. The van der Waals surface area contributed by atoms with E-state index in [0.717, 1.165) is 30.8 Å². The molecule has 0 radical (unpaired) electrons. The molecule has 0 aliphatic heterocycles. The second-order valence-corrected chi connectivity index (χ2v) is 4.71. The molecule has 0 unspecified atom stereocenters. The second kappa shape index (κ2) is 9.47. The molecule has 20 heavy (non-hydrogen) atoms. The molecule has 1 amide bonds. The van der Waals surface area contributed by atoms with Crippen LogP contribution in [0.15, 0.2) is 24.3 Å². The summed E-state index contributed by atoms with van der Waals surface area (Å²) in [4.78, 5) is 14.0. The summed E-state index contributed by atoms with van der Waals surface area (Å²) >= 11 is 0. The molecule has 0 saturated carbocycles. The largest absolute Gasteiger partial charge is 0.396 e. The van der Waals surface area contributed by atoms with E-state index in [2.05, 4.69) is 17.1 Å². The van der Waals surface area contributed by atoms with Crippen molar-refractivity contribution in [3.05, 3.63) is 29.8 Å². The van der Waals surface area contributed by atoms with Gasteiger partial charge >= 0.3 is 0 Å². The van der Waals surface area contributed by atoms with Gasteiger partial charge in [-0.05, 0) is 30.7 Å². The molecule has 0 heterocycles. The average molecular weight is 279 g/mol. The van der Waals surface area contributed by atoms with Crippen LogP contribution >= 0.6 is 0 Å². The van der Waals surface area contributed by atoms with Gasteiger partial charge in [-0.2, -0.15) is 0 Å². The van der Waals surface area contributed by atoms with Crippen LogP contribution in [0.25, 0.3) is 0 Å². The number of aliphatic hydroxyl groups is 1. The zero-order valence-electron chi connectivity index (χ0n) is 12.1. The van der Waals surface area contributed by atoms with Gasteiger partial charge < -0.3 is 21.1 Å². The Kier molecular flexibility index (Phi) is 7.87. The number of carbonyl (C=O) groups excluding carboxylic acids is 1. The number of nitrogens with one attached hydrogen (secondary N) is 1. The number of anilines is 1. The van der Waals surface area contributed by atoms with Crippen LogP contribution in [0.5, 0.6) is 0 Å². The second-order valence-electron chi connectivity index (χ2n) is 4.71. The van der Waals surface area contributed by atoms with Crippen LogP contribution in [-0.4, -0.2) is 42.2 Å². The molecule has 0 saturated heterocycles. The van der Waals surface area contributed by atoms with Crippen molar-refractivity contribution in [2.45, 2.75) is 26.3 Å². The van der Waals surface area contributed by atoms with Crippen LogP contribution in [0.3, 0.4) is 0 Å². The highest BCUT2D eigenvalue weighted by Crippen LogP contribution is 2.10. The third kappa shape index (κ3) is 6.14. The lowest BCUT2D eigenvalue weighted by Crippen LogP contribution is -2.29. The molecule has 1 aromatic carbocycles. The lowest BCUT2D eigenvalue weighted by Gasteiger charge is -2.19. The zero-order chi connectivity index (χ0) is 14.8. The van der Waals surface area contributed by atoms with Crippen molar-refractivity contribution >= 4 is 11.6 Å². The summed E-state index contributed by atoms with van der Waals surface area (Å²) in [6.07, 6.45) is 1.19. The van der Waals surface area contributed by atoms with Crippen molar-refractivity contribution in [2.24, 2.45) is 5.73 Å². The van der Waals surface area contributed by atoms with E-state index in [1.54, 1.807) is 0 Å². The van der Waals surface area contributed by atoms with Crippen LogP contribution in [0.4, 0.5) is 5.69 Å². The quantitative estimate of drug-likeness (QED) is 0.634. The lowest BCUT2D eigenvalue weighted by atomic mass is 10.2. The highest BCUT2D eigenvalue weighted by molar-refractivity contribution is 5.90. The Morgan fingerprint density at radius 3 is 2.85 bits per heavy atom. The molecule has 0 atom stereocenters. The number of rotatable bonds is 9. The summed E-state index contributed by atoms with van der Waals surface area (Å²) in [6.45, 7) is 5.13. The highest BCUT2D eigenvalue weighted by atomic mass is 16.3. The summed E-state index contributed by atoms with van der Waals surface area (Å²) in [5, 5.41) is 11.7. The topological polar surface area (TPSA) is 78.6 Å². The first kappa shape index (κ1) is 16.6. The van der Waals surface area contributed by atoms with E-state index in [-0.39, 0.29) is 12.5 Å². The normalized spacial score (nSPS) is 10.8. The van der Waals surface area contributed by atoms with Crippen molar-refractivity contribution in [3.8, 4) is 0 Å². The molecule has 0 fully saturated rings. The summed E-state index contributed by atoms with van der Waals surface area (Å²) in [5.41, 5.74) is 7.36. The summed E-state index contributed by atoms with van der Waals surface area (Å²) in [7, 11) is 0. The van der Waals surface area contributed by atoms with Gasteiger partial charge in [0.05, 0.1) is 0 Å². The molecular formula is C15H25N3O2. The third-order valence-corrected chi connectivity index (χ3v) is 3.18. The molecule has 5 nitrogen and oxygen atoms in total. The van der Waals surface area contributed by atoms with Crippen molar-refractivity contribution < 1.29 is 9.90 Å². The highest BCUT2D eigenvalue weighted by Gasteiger charge is 2.07. The number of hydrogen-bond acceptors (Lipinski definition) is 4. The van der Waals surface area contributed by atoms with Gasteiger partial charge in [0.25, 0.3) is 0 Å². The van der Waals surface area contributed by atoms with Gasteiger partial charge in [-0.3, -0.25) is 4.79 Å². The Morgan fingerprint density at radius 1 is 1.40 bits per heavy atom. The third-order valence-electron chi connectivity index (χ3n) is 3.18. The molecule has 5 heteroatoms. The van der Waals surface area contributed by atoms with Gasteiger partial charge in [-0.1, -0.05) is 19.1 Å². The Morgan fingerprint density at radius 2 is 2.20 bits per heavy atom. The molecule has 0 bridgehead atoms. The van der Waals surface area contributed by atoms with E-state index in [1.807, 2.05) is 24.3 Å². The number of aliphatic hydroxyl groups excluding tert-OH is 1. The molecular weight excluding hydrogens is 254 g/mol. The number of carbonyl (C=O) groups is 1. The van der Waals surface area contributed by atoms with E-state index < -0.39 is 0 Å². The fourth-order valence-corrected chi connectivity index (χ4v) is 1.98. The Hall–Kier alpha value is -1.43.